The van der Waals surface area contributed by atoms with Gasteiger partial charge in [0.05, 0.1) is 6.61 Å². The molecule has 3 heteroatoms. The predicted molar refractivity (Wildman–Crippen MR) is 66.0 cm³/mol. The largest absolute Gasteiger partial charge is 0.383 e. The van der Waals surface area contributed by atoms with Gasteiger partial charge in [-0.25, -0.2) is 0 Å². The van der Waals surface area contributed by atoms with Crippen molar-refractivity contribution in [1.82, 2.24) is 4.90 Å². The summed E-state index contributed by atoms with van der Waals surface area (Å²) < 4.78 is 5.21. The number of ether oxygens (including phenoxy) is 1. The molecule has 0 radical (unpaired) electrons. The van der Waals surface area contributed by atoms with Crippen molar-refractivity contribution in [1.29, 1.82) is 0 Å². The van der Waals surface area contributed by atoms with Gasteiger partial charge in [-0.3, -0.25) is 4.90 Å². The first kappa shape index (κ1) is 14.9. The van der Waals surface area contributed by atoms with Gasteiger partial charge in [-0.2, -0.15) is 0 Å². The maximum Gasteiger partial charge on any atom is 0.0615 e. The topological polar surface area (TPSA) is 38.5 Å². The van der Waals surface area contributed by atoms with Crippen molar-refractivity contribution in [3.05, 3.63) is 0 Å². The summed E-state index contributed by atoms with van der Waals surface area (Å²) in [7, 11) is 1.76. The summed E-state index contributed by atoms with van der Waals surface area (Å²) in [5.74, 6) is 0. The highest BCUT2D eigenvalue weighted by Gasteiger charge is 2.22. The van der Waals surface area contributed by atoms with Crippen LogP contribution in [0.15, 0.2) is 0 Å². The highest BCUT2D eigenvalue weighted by molar-refractivity contribution is 4.77. The number of rotatable bonds is 8. The summed E-state index contributed by atoms with van der Waals surface area (Å²) in [4.78, 5) is 2.47. The van der Waals surface area contributed by atoms with Gasteiger partial charge in [0.25, 0.3) is 0 Å². The van der Waals surface area contributed by atoms with Gasteiger partial charge in [-0.05, 0) is 31.8 Å². The molecule has 3 nitrogen and oxygen atoms in total. The molecule has 1 unspecified atom stereocenters. The molecule has 0 heterocycles. The number of hydrogen-bond donors (Lipinski definition) is 1. The van der Waals surface area contributed by atoms with Gasteiger partial charge >= 0.3 is 0 Å². The van der Waals surface area contributed by atoms with Crippen LogP contribution in [0.3, 0.4) is 0 Å². The molecule has 0 aliphatic carbocycles. The molecule has 0 aromatic heterocycles. The van der Waals surface area contributed by atoms with E-state index < -0.39 is 0 Å². The molecule has 0 saturated carbocycles. The third kappa shape index (κ3) is 6.13. The summed E-state index contributed by atoms with van der Waals surface area (Å²) in [6.45, 7) is 12.5. The minimum atomic E-state index is 0.192. The van der Waals surface area contributed by atoms with Gasteiger partial charge in [0, 0.05) is 19.7 Å². The zero-order chi connectivity index (χ0) is 11.9. The van der Waals surface area contributed by atoms with Crippen LogP contribution < -0.4 is 5.73 Å². The predicted octanol–water partition coefficient (Wildman–Crippen LogP) is 1.72. The number of hydrogen-bond acceptors (Lipinski definition) is 3. The Morgan fingerprint density at radius 2 is 2.00 bits per heavy atom. The lowest BCUT2D eigenvalue weighted by atomic mass is 9.92. The highest BCUT2D eigenvalue weighted by atomic mass is 16.5. The van der Waals surface area contributed by atoms with E-state index in [1.165, 1.54) is 6.42 Å². The molecule has 0 amide bonds. The molecule has 0 fully saturated rings. The normalized spacial score (nSPS) is 14.6. The van der Waals surface area contributed by atoms with Gasteiger partial charge in [-0.15, -0.1) is 0 Å². The minimum absolute atomic E-state index is 0.192. The average molecular weight is 216 g/mol. The van der Waals surface area contributed by atoms with Crippen LogP contribution in [0.2, 0.25) is 0 Å². The van der Waals surface area contributed by atoms with Crippen LogP contribution in [0.5, 0.6) is 0 Å². The summed E-state index contributed by atoms with van der Waals surface area (Å²) in [5.41, 5.74) is 5.96. The van der Waals surface area contributed by atoms with Crippen molar-refractivity contribution in [2.24, 2.45) is 11.1 Å². The van der Waals surface area contributed by atoms with E-state index >= 15 is 0 Å². The van der Waals surface area contributed by atoms with E-state index in [1.54, 1.807) is 7.11 Å². The first-order valence-electron chi connectivity index (χ1n) is 5.90. The third-order valence-electron chi connectivity index (χ3n) is 2.73. The first-order chi connectivity index (χ1) is 6.96. The van der Waals surface area contributed by atoms with Gasteiger partial charge in [0.1, 0.15) is 0 Å². The quantitative estimate of drug-likeness (QED) is 0.671. The molecule has 1 atom stereocenters. The Kier molecular flexibility index (Phi) is 7.14. The summed E-state index contributed by atoms with van der Waals surface area (Å²) in [6.07, 6.45) is 1.18. The van der Waals surface area contributed by atoms with Crippen LogP contribution in [0, 0.1) is 5.41 Å². The molecule has 0 rings (SSSR count). The molecule has 0 aliphatic rings. The van der Waals surface area contributed by atoms with Crippen LogP contribution >= 0.6 is 0 Å². The molecule has 0 aromatic rings. The van der Waals surface area contributed by atoms with E-state index in [4.69, 9.17) is 10.5 Å². The fourth-order valence-electron chi connectivity index (χ4n) is 1.70. The molecular formula is C12H28N2O. The molecule has 92 valence electrons. The van der Waals surface area contributed by atoms with Crippen molar-refractivity contribution in [3.8, 4) is 0 Å². The number of nitrogens with two attached hydrogens (primary N) is 1. The zero-order valence-electron chi connectivity index (χ0n) is 11.0. The minimum Gasteiger partial charge on any atom is -0.383 e. The monoisotopic (exact) mass is 216 g/mol. The van der Waals surface area contributed by atoms with Crippen molar-refractivity contribution in [2.45, 2.75) is 40.2 Å². The first-order valence-corrected chi connectivity index (χ1v) is 5.90. The molecule has 0 aromatic carbocycles. The van der Waals surface area contributed by atoms with Gasteiger partial charge in [0.2, 0.25) is 0 Å². The Bertz CT molecular complexity index is 160. The fourth-order valence-corrected chi connectivity index (χ4v) is 1.70. The molecule has 0 saturated heterocycles. The smallest absolute Gasteiger partial charge is 0.0615 e. The van der Waals surface area contributed by atoms with E-state index in [-0.39, 0.29) is 5.41 Å². The van der Waals surface area contributed by atoms with Gasteiger partial charge < -0.3 is 10.5 Å². The van der Waals surface area contributed by atoms with E-state index in [9.17, 15) is 0 Å². The molecule has 0 spiro atoms. The van der Waals surface area contributed by atoms with E-state index in [2.05, 4.69) is 32.6 Å². The van der Waals surface area contributed by atoms with Crippen LogP contribution in [0.25, 0.3) is 0 Å². The average Bonchev–Trinajstić information content (AvgIpc) is 2.17. The molecular weight excluding hydrogens is 188 g/mol. The van der Waals surface area contributed by atoms with E-state index in [1.807, 2.05) is 0 Å². The highest BCUT2D eigenvalue weighted by Crippen LogP contribution is 2.17. The van der Waals surface area contributed by atoms with Crippen LogP contribution in [-0.4, -0.2) is 44.3 Å². The summed E-state index contributed by atoms with van der Waals surface area (Å²) in [5, 5.41) is 0. The zero-order valence-corrected chi connectivity index (χ0v) is 11.0. The SMILES string of the molecule is CCCN(CC(C)(C)CN)C(C)COC. The number of nitrogens with zero attached hydrogens (tertiary/aromatic N) is 1. The number of methoxy groups -OCH3 is 1. The lowest BCUT2D eigenvalue weighted by Gasteiger charge is -2.35. The van der Waals surface area contributed by atoms with Crippen LogP contribution in [-0.2, 0) is 4.74 Å². The second-order valence-corrected chi connectivity index (χ2v) is 5.14. The molecule has 15 heavy (non-hydrogen) atoms. The molecule has 0 bridgehead atoms. The standard InChI is InChI=1S/C12H28N2O/c1-6-7-14(11(2)8-15-5)10-12(3,4)9-13/h11H,6-10,13H2,1-5H3. The van der Waals surface area contributed by atoms with Crippen molar-refractivity contribution >= 4 is 0 Å². The Labute approximate surface area is 95.0 Å². The summed E-state index contributed by atoms with van der Waals surface area (Å²) in [6, 6.07) is 0.473. The van der Waals surface area contributed by atoms with E-state index in [0.717, 1.165) is 26.2 Å². The van der Waals surface area contributed by atoms with Crippen LogP contribution in [0.4, 0.5) is 0 Å². The van der Waals surface area contributed by atoms with Crippen molar-refractivity contribution in [2.75, 3.05) is 33.4 Å². The Morgan fingerprint density at radius 1 is 1.40 bits per heavy atom. The molecule has 0 aliphatic heterocycles. The second kappa shape index (κ2) is 7.20. The maximum atomic E-state index is 5.77. The van der Waals surface area contributed by atoms with E-state index in [0.29, 0.717) is 6.04 Å². The lowest BCUT2D eigenvalue weighted by Crippen LogP contribution is -2.45. The lowest BCUT2D eigenvalue weighted by molar-refractivity contribution is 0.0738. The second-order valence-electron chi connectivity index (χ2n) is 5.14. The fraction of sp³-hybridized carbons (Fsp3) is 1.00. The molecule has 2 N–H and O–H groups in total. The van der Waals surface area contributed by atoms with Crippen LogP contribution in [0.1, 0.15) is 34.1 Å². The van der Waals surface area contributed by atoms with Crippen molar-refractivity contribution < 1.29 is 4.74 Å². The third-order valence-corrected chi connectivity index (χ3v) is 2.73. The summed E-state index contributed by atoms with van der Waals surface area (Å²) >= 11 is 0. The Hall–Kier alpha value is -0.120. The maximum absolute atomic E-state index is 5.77. The van der Waals surface area contributed by atoms with Gasteiger partial charge in [-0.1, -0.05) is 20.8 Å². The van der Waals surface area contributed by atoms with Crippen molar-refractivity contribution in [3.63, 3.8) is 0 Å². The van der Waals surface area contributed by atoms with Gasteiger partial charge in [0.15, 0.2) is 0 Å². The Morgan fingerprint density at radius 3 is 2.40 bits per heavy atom. The Balaban J connectivity index is 4.25.